The molecule has 69 heavy (non-hydrogen) atoms. The van der Waals surface area contributed by atoms with Gasteiger partial charge in [-0.3, -0.25) is 43.2 Å². The molecule has 3 heterocycles. The van der Waals surface area contributed by atoms with E-state index in [4.69, 9.17) is 0 Å². The number of carbonyl (C=O) groups is 9. The standard InChI is InChI=1S/C51H81N9O9/c1-12-31(9)41-48(66)55-36(26-29(5)6)45(63)56-40(30(7)8)51(69)60-24-18-22-39(60)50(68)59-23-17-21-38(59)47(65)52-33(11)43(61)53-37(27-34-19-15-14-16-20-34)44(62)54-35(25-28(3)4)46(64)57-42(32(10)13-2)49(67)58-41/h14-16,19-20,28-33,35-42H,12-13,17-18,21-27H2,1-11H3,(H,52,65)(H,53,61)(H,54,62)(H,55,66)(H,56,63)(H,57,64)(H,58,67)/t31-,32-,33-,35-,36-,37-,38-,39-,40-,41-,42-/m0/s1. The van der Waals surface area contributed by atoms with Crippen LogP contribution in [0.5, 0.6) is 0 Å². The molecule has 0 saturated carbocycles. The number of benzene rings is 1. The summed E-state index contributed by atoms with van der Waals surface area (Å²) in [5.74, 6) is -6.64. The van der Waals surface area contributed by atoms with Gasteiger partial charge in [0, 0.05) is 19.5 Å². The van der Waals surface area contributed by atoms with Crippen molar-refractivity contribution in [3.63, 3.8) is 0 Å². The molecule has 11 atom stereocenters. The van der Waals surface area contributed by atoms with Gasteiger partial charge in [0.2, 0.25) is 53.2 Å². The Kier molecular flexibility index (Phi) is 21.0. The minimum atomic E-state index is -1.20. The number of carbonyl (C=O) groups excluding carboxylic acids is 9. The Bertz CT molecular complexity index is 1980. The molecule has 9 amide bonds. The second-order valence-electron chi connectivity index (χ2n) is 20.7. The molecule has 7 N–H and O–H groups in total. The first-order chi connectivity index (χ1) is 32.6. The molecule has 1 aromatic carbocycles. The third kappa shape index (κ3) is 15.2. The zero-order valence-electron chi connectivity index (χ0n) is 42.8. The minimum absolute atomic E-state index is 0.0460. The first kappa shape index (κ1) is 56.0. The summed E-state index contributed by atoms with van der Waals surface area (Å²) in [6, 6.07) is -0.701. The minimum Gasteiger partial charge on any atom is -0.343 e. The monoisotopic (exact) mass is 964 g/mol. The molecular formula is C51H81N9O9. The van der Waals surface area contributed by atoms with E-state index in [1.54, 1.807) is 52.0 Å². The molecule has 3 fully saturated rings. The molecule has 0 aromatic heterocycles. The third-order valence-electron chi connectivity index (χ3n) is 13.8. The molecular weight excluding hydrogens is 883 g/mol. The molecule has 1 aromatic rings. The molecule has 18 heteroatoms. The molecule has 384 valence electrons. The van der Waals surface area contributed by atoms with Gasteiger partial charge < -0.3 is 47.0 Å². The molecule has 3 saturated heterocycles. The molecule has 18 nitrogen and oxygen atoms in total. The van der Waals surface area contributed by atoms with Crippen molar-refractivity contribution in [2.24, 2.45) is 29.6 Å². The molecule has 3 aliphatic heterocycles. The maximum atomic E-state index is 14.5. The quantitative estimate of drug-likeness (QED) is 0.172. The van der Waals surface area contributed by atoms with E-state index in [0.29, 0.717) is 38.5 Å². The van der Waals surface area contributed by atoms with Gasteiger partial charge in [0.1, 0.15) is 54.4 Å². The van der Waals surface area contributed by atoms with Crippen molar-refractivity contribution >= 4 is 53.2 Å². The molecule has 3 aliphatic rings. The van der Waals surface area contributed by atoms with Crippen molar-refractivity contribution < 1.29 is 43.2 Å². The first-order valence-corrected chi connectivity index (χ1v) is 25.4. The summed E-state index contributed by atoms with van der Waals surface area (Å²) < 4.78 is 0. The summed E-state index contributed by atoms with van der Waals surface area (Å²) in [4.78, 5) is 131. The summed E-state index contributed by atoms with van der Waals surface area (Å²) in [5.41, 5.74) is 0.721. The predicted molar refractivity (Wildman–Crippen MR) is 261 cm³/mol. The fourth-order valence-corrected chi connectivity index (χ4v) is 9.30. The topological polar surface area (TPSA) is 244 Å². The molecule has 0 aliphatic carbocycles. The van der Waals surface area contributed by atoms with Gasteiger partial charge in [-0.25, -0.2) is 0 Å². The maximum absolute atomic E-state index is 14.5. The van der Waals surface area contributed by atoms with Gasteiger partial charge in [-0.1, -0.05) is 112 Å². The van der Waals surface area contributed by atoms with Gasteiger partial charge in [0.15, 0.2) is 0 Å². The summed E-state index contributed by atoms with van der Waals surface area (Å²) in [6.07, 6.45) is 3.10. The molecule has 0 spiro atoms. The van der Waals surface area contributed by atoms with Crippen LogP contribution in [-0.2, 0) is 49.6 Å². The van der Waals surface area contributed by atoms with Crippen LogP contribution in [0.2, 0.25) is 0 Å². The highest BCUT2D eigenvalue weighted by atomic mass is 16.2. The number of hydrogen-bond acceptors (Lipinski definition) is 9. The Balaban J connectivity index is 1.79. The molecule has 0 unspecified atom stereocenters. The van der Waals surface area contributed by atoms with Crippen LogP contribution in [-0.4, -0.2) is 130 Å². The summed E-state index contributed by atoms with van der Waals surface area (Å²) >= 11 is 0. The maximum Gasteiger partial charge on any atom is 0.246 e. The highest BCUT2D eigenvalue weighted by molar-refractivity contribution is 5.99. The lowest BCUT2D eigenvalue weighted by molar-refractivity contribution is -0.148. The highest BCUT2D eigenvalue weighted by Crippen LogP contribution is 2.27. The first-order valence-electron chi connectivity index (χ1n) is 25.4. The van der Waals surface area contributed by atoms with Crippen LogP contribution in [0.1, 0.15) is 133 Å². The van der Waals surface area contributed by atoms with Crippen molar-refractivity contribution in [1.82, 2.24) is 47.0 Å². The molecule has 4 rings (SSSR count). The van der Waals surface area contributed by atoms with Crippen LogP contribution in [0.4, 0.5) is 0 Å². The zero-order chi connectivity index (χ0) is 51.3. The number of hydrogen-bond donors (Lipinski definition) is 7. The van der Waals surface area contributed by atoms with Gasteiger partial charge in [-0.05, 0) is 80.6 Å². The zero-order valence-corrected chi connectivity index (χ0v) is 42.8. The smallest absolute Gasteiger partial charge is 0.246 e. The van der Waals surface area contributed by atoms with Crippen LogP contribution in [0, 0.1) is 29.6 Å². The van der Waals surface area contributed by atoms with E-state index < -0.39 is 125 Å². The Labute approximate surface area is 409 Å². The Morgan fingerprint density at radius 3 is 1.43 bits per heavy atom. The lowest BCUT2D eigenvalue weighted by atomic mass is 9.93. The van der Waals surface area contributed by atoms with Gasteiger partial charge in [-0.2, -0.15) is 0 Å². The lowest BCUT2D eigenvalue weighted by Crippen LogP contribution is -2.62. The SMILES string of the molecule is CC[C@H](C)[C@@H]1NC(=O)[C@H](CC(C)C)NC(=O)[C@H](Cc2ccccc2)NC(=O)[C@H](C)NC(=O)[C@@H]2CCCN2C(=O)[C@@H]2CCCN2C(=O)[C@H](C(C)C)NC(=O)[C@H](CC(C)C)NC(=O)[C@H]([C@@H](C)CC)NC1=O. The Morgan fingerprint density at radius 2 is 0.928 bits per heavy atom. The van der Waals surface area contributed by atoms with Gasteiger partial charge in [0.25, 0.3) is 0 Å². The second-order valence-corrected chi connectivity index (χ2v) is 20.7. The molecule has 0 bridgehead atoms. The van der Waals surface area contributed by atoms with Gasteiger partial charge >= 0.3 is 0 Å². The summed E-state index contributed by atoms with van der Waals surface area (Å²) in [7, 11) is 0. The Morgan fingerprint density at radius 1 is 0.493 bits per heavy atom. The van der Waals surface area contributed by atoms with E-state index in [1.165, 1.54) is 16.7 Å². The number of fused-ring (bicyclic) bond motifs is 2. The third-order valence-corrected chi connectivity index (χ3v) is 13.8. The number of amides is 9. The largest absolute Gasteiger partial charge is 0.343 e. The van der Waals surface area contributed by atoms with Crippen molar-refractivity contribution in [2.75, 3.05) is 13.1 Å². The summed E-state index contributed by atoms with van der Waals surface area (Å²) in [6.45, 7) is 20.5. The van der Waals surface area contributed by atoms with Crippen LogP contribution < -0.4 is 37.2 Å². The highest BCUT2D eigenvalue weighted by Gasteiger charge is 2.45. The van der Waals surface area contributed by atoms with Crippen LogP contribution >= 0.6 is 0 Å². The van der Waals surface area contributed by atoms with E-state index in [-0.39, 0.29) is 44.2 Å². The molecule has 0 radical (unpaired) electrons. The Hall–Kier alpha value is -5.55. The average Bonchev–Trinajstić information content (AvgIpc) is 4.01. The van der Waals surface area contributed by atoms with Crippen LogP contribution in [0.15, 0.2) is 30.3 Å². The number of nitrogens with zero attached hydrogens (tertiary/aromatic N) is 2. The number of rotatable bonds is 11. The van der Waals surface area contributed by atoms with E-state index in [1.807, 2.05) is 47.6 Å². The summed E-state index contributed by atoms with van der Waals surface area (Å²) in [5, 5.41) is 19.9. The normalized spacial score (nSPS) is 28.7. The second kappa shape index (κ2) is 25.9. The number of nitrogens with one attached hydrogen (secondary N) is 7. The van der Waals surface area contributed by atoms with Gasteiger partial charge in [0.05, 0.1) is 0 Å². The van der Waals surface area contributed by atoms with Crippen molar-refractivity contribution in [1.29, 1.82) is 0 Å². The fraction of sp³-hybridized carbons (Fsp3) is 0.706. The predicted octanol–water partition coefficient (Wildman–Crippen LogP) is 2.48. The van der Waals surface area contributed by atoms with Crippen LogP contribution in [0.3, 0.4) is 0 Å². The van der Waals surface area contributed by atoms with Crippen molar-refractivity contribution in [3.05, 3.63) is 35.9 Å². The van der Waals surface area contributed by atoms with Crippen molar-refractivity contribution in [2.45, 2.75) is 188 Å². The van der Waals surface area contributed by atoms with Crippen LogP contribution in [0.25, 0.3) is 0 Å². The van der Waals surface area contributed by atoms with E-state index in [9.17, 15) is 43.2 Å². The fourth-order valence-electron chi connectivity index (χ4n) is 9.30. The van der Waals surface area contributed by atoms with Gasteiger partial charge in [-0.15, -0.1) is 0 Å². The van der Waals surface area contributed by atoms with E-state index in [0.717, 1.165) is 5.56 Å². The van der Waals surface area contributed by atoms with E-state index in [2.05, 4.69) is 37.2 Å². The lowest BCUT2D eigenvalue weighted by Gasteiger charge is -2.34. The average molecular weight is 964 g/mol. The van der Waals surface area contributed by atoms with Crippen molar-refractivity contribution in [3.8, 4) is 0 Å². The van der Waals surface area contributed by atoms with E-state index >= 15 is 0 Å².